The van der Waals surface area contributed by atoms with Crippen molar-refractivity contribution in [2.75, 3.05) is 11.5 Å². The van der Waals surface area contributed by atoms with Gasteiger partial charge in [-0.3, -0.25) is 4.79 Å². The van der Waals surface area contributed by atoms with Gasteiger partial charge >= 0.3 is 0 Å². The maximum Gasteiger partial charge on any atom is 0.257 e. The number of nitrogens with zero attached hydrogens (tertiary/aromatic N) is 1. The fraction of sp³-hybridized carbons (Fsp3) is 0.227. The minimum Gasteiger partial charge on any atom is -0.330 e. The monoisotopic (exact) mass is 397 g/mol. The molecule has 28 heavy (non-hydrogen) atoms. The van der Waals surface area contributed by atoms with E-state index >= 15 is 0 Å². The molecule has 144 valence electrons. The quantitative estimate of drug-likeness (QED) is 0.673. The molecule has 3 aromatic carbocycles. The lowest BCUT2D eigenvalue weighted by Crippen LogP contribution is -2.41. The molecule has 1 aliphatic heterocycles. The van der Waals surface area contributed by atoms with E-state index in [-0.39, 0.29) is 23.6 Å². The SMILES string of the molecule is O=C(c1ccccc1F)N(Cc1cccc2ccccc12)[C@H]1CCS(=O)(=O)C1. The van der Waals surface area contributed by atoms with Crippen LogP contribution in [0.3, 0.4) is 0 Å². The van der Waals surface area contributed by atoms with E-state index in [4.69, 9.17) is 0 Å². The van der Waals surface area contributed by atoms with Crippen molar-refractivity contribution >= 4 is 26.5 Å². The van der Waals surface area contributed by atoms with Gasteiger partial charge in [0.25, 0.3) is 5.91 Å². The van der Waals surface area contributed by atoms with Gasteiger partial charge in [-0.1, -0.05) is 54.6 Å². The zero-order valence-electron chi connectivity index (χ0n) is 15.2. The van der Waals surface area contributed by atoms with Gasteiger partial charge in [-0.05, 0) is 34.9 Å². The summed E-state index contributed by atoms with van der Waals surface area (Å²) in [5.41, 5.74) is 0.874. The Bertz CT molecular complexity index is 1140. The molecule has 0 aliphatic carbocycles. The first kappa shape index (κ1) is 18.6. The van der Waals surface area contributed by atoms with Crippen LogP contribution in [0, 0.1) is 5.82 Å². The molecule has 0 N–H and O–H groups in total. The molecule has 1 fully saturated rings. The van der Waals surface area contributed by atoms with Gasteiger partial charge in [0.05, 0.1) is 17.1 Å². The summed E-state index contributed by atoms with van der Waals surface area (Å²) in [7, 11) is -3.19. The van der Waals surface area contributed by atoms with Gasteiger partial charge in [0.15, 0.2) is 9.84 Å². The normalized spacial score (nSPS) is 18.2. The van der Waals surface area contributed by atoms with E-state index in [0.29, 0.717) is 6.42 Å². The first-order chi connectivity index (χ1) is 13.4. The van der Waals surface area contributed by atoms with Crippen LogP contribution in [0.5, 0.6) is 0 Å². The predicted octanol–water partition coefficient (Wildman–Crippen LogP) is 3.81. The fourth-order valence-electron chi connectivity index (χ4n) is 3.79. The lowest BCUT2D eigenvalue weighted by molar-refractivity contribution is 0.0677. The Morgan fingerprint density at radius 1 is 1.00 bits per heavy atom. The van der Waals surface area contributed by atoms with E-state index in [1.807, 2.05) is 42.5 Å². The second-order valence-electron chi connectivity index (χ2n) is 7.11. The van der Waals surface area contributed by atoms with Gasteiger partial charge in [0, 0.05) is 12.6 Å². The summed E-state index contributed by atoms with van der Waals surface area (Å²) < 4.78 is 38.3. The summed E-state index contributed by atoms with van der Waals surface area (Å²) >= 11 is 0. The van der Waals surface area contributed by atoms with E-state index in [2.05, 4.69) is 0 Å². The molecule has 6 heteroatoms. The van der Waals surface area contributed by atoms with E-state index in [1.165, 1.54) is 23.1 Å². The summed E-state index contributed by atoms with van der Waals surface area (Å²) in [6.45, 7) is 0.231. The topological polar surface area (TPSA) is 54.5 Å². The van der Waals surface area contributed by atoms with Crippen LogP contribution in [0.2, 0.25) is 0 Å². The third kappa shape index (κ3) is 3.64. The minimum atomic E-state index is -3.19. The zero-order valence-corrected chi connectivity index (χ0v) is 16.0. The second kappa shape index (κ2) is 7.36. The molecule has 0 unspecified atom stereocenters. The van der Waals surface area contributed by atoms with Crippen LogP contribution in [0.25, 0.3) is 10.8 Å². The number of hydrogen-bond acceptors (Lipinski definition) is 3. The third-order valence-electron chi connectivity index (χ3n) is 5.23. The van der Waals surface area contributed by atoms with Crippen LogP contribution in [-0.2, 0) is 16.4 Å². The van der Waals surface area contributed by atoms with Crippen LogP contribution < -0.4 is 0 Å². The number of carbonyl (C=O) groups is 1. The summed E-state index contributed by atoms with van der Waals surface area (Å²) in [4.78, 5) is 14.7. The molecule has 0 spiro atoms. The van der Waals surface area contributed by atoms with E-state index < -0.39 is 27.6 Å². The van der Waals surface area contributed by atoms with Crippen LogP contribution in [0.1, 0.15) is 22.3 Å². The molecular weight excluding hydrogens is 377 g/mol. The van der Waals surface area contributed by atoms with Crippen molar-refractivity contribution in [1.29, 1.82) is 0 Å². The molecule has 4 rings (SSSR count). The fourth-order valence-corrected chi connectivity index (χ4v) is 5.52. The van der Waals surface area contributed by atoms with Gasteiger partial charge < -0.3 is 4.90 Å². The largest absolute Gasteiger partial charge is 0.330 e. The van der Waals surface area contributed by atoms with Gasteiger partial charge in [-0.15, -0.1) is 0 Å². The number of halogens is 1. The Morgan fingerprint density at radius 3 is 2.46 bits per heavy atom. The summed E-state index contributed by atoms with van der Waals surface area (Å²) in [6, 6.07) is 19.0. The van der Waals surface area contributed by atoms with Crippen LogP contribution in [0.15, 0.2) is 66.7 Å². The van der Waals surface area contributed by atoms with Crippen molar-refractivity contribution < 1.29 is 17.6 Å². The van der Waals surface area contributed by atoms with Crippen LogP contribution in [-0.4, -0.2) is 36.8 Å². The van der Waals surface area contributed by atoms with Crippen molar-refractivity contribution in [3.8, 4) is 0 Å². The number of benzene rings is 3. The molecule has 1 heterocycles. The highest BCUT2D eigenvalue weighted by Crippen LogP contribution is 2.26. The first-order valence-corrected chi connectivity index (χ1v) is 11.0. The van der Waals surface area contributed by atoms with Crippen molar-refractivity contribution in [3.63, 3.8) is 0 Å². The molecule has 0 aromatic heterocycles. The Balaban J connectivity index is 1.75. The van der Waals surface area contributed by atoms with Gasteiger partial charge in [-0.25, -0.2) is 12.8 Å². The molecule has 0 radical (unpaired) electrons. The van der Waals surface area contributed by atoms with Crippen molar-refractivity contribution in [2.45, 2.75) is 19.0 Å². The molecule has 4 nitrogen and oxygen atoms in total. The molecule has 1 aliphatic rings. The molecule has 1 amide bonds. The molecule has 1 atom stereocenters. The highest BCUT2D eigenvalue weighted by molar-refractivity contribution is 7.91. The average molecular weight is 397 g/mol. The summed E-state index contributed by atoms with van der Waals surface area (Å²) in [6.07, 6.45) is 0.368. The number of rotatable bonds is 4. The summed E-state index contributed by atoms with van der Waals surface area (Å²) in [5, 5.41) is 2.04. The zero-order chi connectivity index (χ0) is 19.7. The van der Waals surface area contributed by atoms with Gasteiger partial charge in [-0.2, -0.15) is 0 Å². The highest BCUT2D eigenvalue weighted by atomic mass is 32.2. The predicted molar refractivity (Wildman–Crippen MR) is 107 cm³/mol. The van der Waals surface area contributed by atoms with Crippen molar-refractivity contribution in [2.24, 2.45) is 0 Å². The number of sulfone groups is 1. The standard InChI is InChI=1S/C22H20FNO3S/c23-21-11-4-3-10-20(21)22(25)24(18-12-13-28(26,27)15-18)14-17-8-5-7-16-6-1-2-9-19(16)17/h1-11,18H,12-15H2/t18-/m0/s1. The molecular formula is C22H20FNO3S. The summed E-state index contributed by atoms with van der Waals surface area (Å²) in [5.74, 6) is -1.11. The van der Waals surface area contributed by atoms with Crippen molar-refractivity contribution in [1.82, 2.24) is 4.90 Å². The number of hydrogen-bond donors (Lipinski definition) is 0. The Morgan fingerprint density at radius 2 is 1.71 bits per heavy atom. The first-order valence-electron chi connectivity index (χ1n) is 9.17. The smallest absolute Gasteiger partial charge is 0.257 e. The van der Waals surface area contributed by atoms with E-state index in [1.54, 1.807) is 6.07 Å². The second-order valence-corrected chi connectivity index (χ2v) is 9.34. The molecule has 0 bridgehead atoms. The maximum atomic E-state index is 14.3. The molecule has 0 saturated carbocycles. The highest BCUT2D eigenvalue weighted by Gasteiger charge is 2.35. The third-order valence-corrected chi connectivity index (χ3v) is 6.99. The van der Waals surface area contributed by atoms with Gasteiger partial charge in [0.1, 0.15) is 5.82 Å². The Labute approximate surface area is 163 Å². The lowest BCUT2D eigenvalue weighted by Gasteiger charge is -2.29. The lowest BCUT2D eigenvalue weighted by atomic mass is 10.0. The number of carbonyl (C=O) groups excluding carboxylic acids is 1. The number of amides is 1. The van der Waals surface area contributed by atoms with Crippen LogP contribution in [0.4, 0.5) is 4.39 Å². The number of fused-ring (bicyclic) bond motifs is 1. The van der Waals surface area contributed by atoms with E-state index in [0.717, 1.165) is 16.3 Å². The van der Waals surface area contributed by atoms with Crippen LogP contribution >= 0.6 is 0 Å². The van der Waals surface area contributed by atoms with Gasteiger partial charge in [0.2, 0.25) is 0 Å². The molecule has 3 aromatic rings. The Kier molecular flexibility index (Phi) is 4.89. The van der Waals surface area contributed by atoms with Crippen molar-refractivity contribution in [3.05, 3.63) is 83.7 Å². The maximum absolute atomic E-state index is 14.3. The molecule has 1 saturated heterocycles. The minimum absolute atomic E-state index is 0.0352. The van der Waals surface area contributed by atoms with E-state index in [9.17, 15) is 17.6 Å². The average Bonchev–Trinajstić information content (AvgIpc) is 3.05. The Hall–Kier alpha value is -2.73.